The maximum absolute atomic E-state index is 10.8. The van der Waals surface area contributed by atoms with Gasteiger partial charge in [0.25, 0.3) is 0 Å². The summed E-state index contributed by atoms with van der Waals surface area (Å²) in [5.74, 6) is -2.13. The van der Waals surface area contributed by atoms with E-state index in [1.807, 2.05) is 0 Å². The molecule has 0 aromatic heterocycles. The Morgan fingerprint density at radius 2 is 2.17 bits per heavy atom. The Kier molecular flexibility index (Phi) is 2.32. The standard InChI is InChI=1S/C7H12N2O3/c1-9-3-2-4(7(11)12)5(9)6(8)10/h4-5H,2-3H2,1H3,(H2,8,10)(H,11,12). The van der Waals surface area contributed by atoms with E-state index in [2.05, 4.69) is 0 Å². The molecule has 3 N–H and O–H groups in total. The first-order valence-corrected chi connectivity index (χ1v) is 3.76. The minimum atomic E-state index is -0.942. The van der Waals surface area contributed by atoms with Crippen LogP contribution in [0.3, 0.4) is 0 Å². The van der Waals surface area contributed by atoms with Crippen LogP contribution >= 0.6 is 0 Å². The highest BCUT2D eigenvalue weighted by atomic mass is 16.4. The molecule has 2 unspecified atom stereocenters. The summed E-state index contributed by atoms with van der Waals surface area (Å²) in [5.41, 5.74) is 5.07. The minimum absolute atomic E-state index is 0.499. The van der Waals surface area contributed by atoms with Crippen LogP contribution in [0.2, 0.25) is 0 Å². The maximum atomic E-state index is 10.8. The number of nitrogens with zero attached hydrogens (tertiary/aromatic N) is 1. The highest BCUT2D eigenvalue weighted by molar-refractivity contribution is 5.86. The van der Waals surface area contributed by atoms with E-state index in [1.165, 1.54) is 0 Å². The molecule has 5 nitrogen and oxygen atoms in total. The molecule has 1 aliphatic heterocycles. The van der Waals surface area contributed by atoms with Crippen molar-refractivity contribution in [2.45, 2.75) is 12.5 Å². The Morgan fingerprint density at radius 3 is 2.50 bits per heavy atom. The van der Waals surface area contributed by atoms with Gasteiger partial charge in [-0.1, -0.05) is 0 Å². The fourth-order valence-corrected chi connectivity index (χ4v) is 1.62. The quantitative estimate of drug-likeness (QED) is 0.552. The number of carbonyl (C=O) groups is 2. The van der Waals surface area contributed by atoms with Gasteiger partial charge in [0, 0.05) is 0 Å². The summed E-state index contributed by atoms with van der Waals surface area (Å²) in [7, 11) is 1.71. The van der Waals surface area contributed by atoms with Crippen molar-refractivity contribution in [3.63, 3.8) is 0 Å². The first kappa shape index (κ1) is 8.99. The van der Waals surface area contributed by atoms with Crippen LogP contribution in [0.5, 0.6) is 0 Å². The number of likely N-dealkylation sites (tertiary alicyclic amines) is 1. The van der Waals surface area contributed by atoms with E-state index >= 15 is 0 Å². The van der Waals surface area contributed by atoms with Gasteiger partial charge in [-0.15, -0.1) is 0 Å². The molecule has 1 rings (SSSR count). The number of hydrogen-bond acceptors (Lipinski definition) is 3. The molecule has 1 amide bonds. The Bertz CT molecular complexity index is 217. The van der Waals surface area contributed by atoms with Crippen LogP contribution in [-0.4, -0.2) is 41.5 Å². The van der Waals surface area contributed by atoms with Crippen LogP contribution in [-0.2, 0) is 9.59 Å². The van der Waals surface area contributed by atoms with Gasteiger partial charge in [-0.25, -0.2) is 0 Å². The number of carbonyl (C=O) groups excluding carboxylic acids is 1. The molecule has 0 spiro atoms. The van der Waals surface area contributed by atoms with Gasteiger partial charge < -0.3 is 10.8 Å². The molecule has 0 aromatic rings. The molecule has 68 valence electrons. The van der Waals surface area contributed by atoms with Crippen molar-refractivity contribution in [3.8, 4) is 0 Å². The van der Waals surface area contributed by atoms with Gasteiger partial charge in [0.15, 0.2) is 0 Å². The topological polar surface area (TPSA) is 83.6 Å². The first-order chi connectivity index (χ1) is 5.54. The number of carboxylic acid groups (broad SMARTS) is 1. The molecule has 1 aliphatic rings. The van der Waals surface area contributed by atoms with E-state index in [4.69, 9.17) is 10.8 Å². The molecule has 0 bridgehead atoms. The van der Waals surface area contributed by atoms with E-state index < -0.39 is 23.8 Å². The van der Waals surface area contributed by atoms with Gasteiger partial charge in [-0.05, 0) is 20.0 Å². The molecule has 1 heterocycles. The molecule has 0 radical (unpaired) electrons. The second kappa shape index (κ2) is 3.10. The van der Waals surface area contributed by atoms with Crippen molar-refractivity contribution in [3.05, 3.63) is 0 Å². The molecular formula is C7H12N2O3. The molecule has 1 saturated heterocycles. The number of carboxylic acids is 1. The first-order valence-electron chi connectivity index (χ1n) is 3.76. The van der Waals surface area contributed by atoms with Gasteiger partial charge >= 0.3 is 5.97 Å². The monoisotopic (exact) mass is 172 g/mol. The summed E-state index contributed by atoms with van der Waals surface area (Å²) >= 11 is 0. The second-order valence-corrected chi connectivity index (χ2v) is 3.06. The molecule has 2 atom stereocenters. The van der Waals surface area contributed by atoms with E-state index in [-0.39, 0.29) is 0 Å². The molecule has 5 heteroatoms. The normalized spacial score (nSPS) is 30.4. The van der Waals surface area contributed by atoms with Crippen LogP contribution in [0.1, 0.15) is 6.42 Å². The summed E-state index contributed by atoms with van der Waals surface area (Å²) in [6, 6.07) is -0.637. The van der Waals surface area contributed by atoms with Crippen molar-refractivity contribution in [1.82, 2.24) is 4.90 Å². The third-order valence-corrected chi connectivity index (χ3v) is 2.26. The largest absolute Gasteiger partial charge is 0.481 e. The third kappa shape index (κ3) is 1.40. The van der Waals surface area contributed by atoms with Crippen molar-refractivity contribution < 1.29 is 14.7 Å². The predicted octanol–water partition coefficient (Wildman–Crippen LogP) is -1.12. The lowest BCUT2D eigenvalue weighted by Gasteiger charge is -2.18. The van der Waals surface area contributed by atoms with Crippen LogP contribution in [0, 0.1) is 5.92 Å². The van der Waals surface area contributed by atoms with Crippen molar-refractivity contribution in [2.24, 2.45) is 11.7 Å². The zero-order chi connectivity index (χ0) is 9.30. The molecule has 0 saturated carbocycles. The van der Waals surface area contributed by atoms with Gasteiger partial charge in [0.2, 0.25) is 5.91 Å². The zero-order valence-corrected chi connectivity index (χ0v) is 6.86. The van der Waals surface area contributed by atoms with Crippen molar-refractivity contribution in [2.75, 3.05) is 13.6 Å². The van der Waals surface area contributed by atoms with Gasteiger partial charge in [0.1, 0.15) is 6.04 Å². The molecular weight excluding hydrogens is 160 g/mol. The number of amides is 1. The SMILES string of the molecule is CN1CCC(C(=O)O)C1C(N)=O. The number of nitrogens with two attached hydrogens (primary N) is 1. The fourth-order valence-electron chi connectivity index (χ4n) is 1.62. The Morgan fingerprint density at radius 1 is 1.58 bits per heavy atom. The zero-order valence-electron chi connectivity index (χ0n) is 6.86. The smallest absolute Gasteiger partial charge is 0.308 e. The van der Waals surface area contributed by atoms with Gasteiger partial charge in [-0.3, -0.25) is 14.5 Å². The summed E-state index contributed by atoms with van der Waals surface area (Å²) in [6.45, 7) is 0.616. The van der Waals surface area contributed by atoms with Crippen LogP contribution < -0.4 is 5.73 Å². The Hall–Kier alpha value is -1.10. The van der Waals surface area contributed by atoms with Crippen molar-refractivity contribution >= 4 is 11.9 Å². The second-order valence-electron chi connectivity index (χ2n) is 3.06. The van der Waals surface area contributed by atoms with E-state index in [9.17, 15) is 9.59 Å². The van der Waals surface area contributed by atoms with E-state index in [0.29, 0.717) is 13.0 Å². The molecule has 0 aromatic carbocycles. The third-order valence-electron chi connectivity index (χ3n) is 2.26. The van der Waals surface area contributed by atoms with Crippen LogP contribution in [0.4, 0.5) is 0 Å². The highest BCUT2D eigenvalue weighted by Gasteiger charge is 2.40. The summed E-state index contributed by atoms with van der Waals surface area (Å²) in [5, 5.41) is 8.72. The maximum Gasteiger partial charge on any atom is 0.308 e. The average Bonchev–Trinajstić information content (AvgIpc) is 2.30. The number of rotatable bonds is 2. The average molecular weight is 172 g/mol. The lowest BCUT2D eigenvalue weighted by molar-refractivity contribution is -0.144. The number of primary amides is 1. The lowest BCUT2D eigenvalue weighted by atomic mass is 10.0. The van der Waals surface area contributed by atoms with E-state index in [1.54, 1.807) is 11.9 Å². The molecule has 0 aliphatic carbocycles. The van der Waals surface area contributed by atoms with Crippen LogP contribution in [0.15, 0.2) is 0 Å². The molecule has 12 heavy (non-hydrogen) atoms. The fraction of sp³-hybridized carbons (Fsp3) is 0.714. The highest BCUT2D eigenvalue weighted by Crippen LogP contribution is 2.22. The van der Waals surface area contributed by atoms with Crippen molar-refractivity contribution in [1.29, 1.82) is 0 Å². The number of likely N-dealkylation sites (N-methyl/N-ethyl adjacent to an activating group) is 1. The van der Waals surface area contributed by atoms with Gasteiger partial charge in [0.05, 0.1) is 5.92 Å². The lowest BCUT2D eigenvalue weighted by Crippen LogP contribution is -2.43. The Labute approximate surface area is 70.1 Å². The Balaban J connectivity index is 2.77. The minimum Gasteiger partial charge on any atom is -0.481 e. The van der Waals surface area contributed by atoms with Gasteiger partial charge in [-0.2, -0.15) is 0 Å². The van der Waals surface area contributed by atoms with E-state index in [0.717, 1.165) is 0 Å². The predicted molar refractivity (Wildman–Crippen MR) is 41.4 cm³/mol. The molecule has 1 fully saturated rings. The number of hydrogen-bond donors (Lipinski definition) is 2. The van der Waals surface area contributed by atoms with Crippen LogP contribution in [0.25, 0.3) is 0 Å². The summed E-state index contributed by atoms with van der Waals surface area (Å²) in [4.78, 5) is 23.2. The summed E-state index contributed by atoms with van der Waals surface area (Å²) < 4.78 is 0. The number of aliphatic carboxylic acids is 1. The summed E-state index contributed by atoms with van der Waals surface area (Å²) in [6.07, 6.45) is 0.499.